The number of sulfonamides is 1. The molecule has 0 saturated carbocycles. The first-order valence-electron chi connectivity index (χ1n) is 5.71. The largest absolute Gasteiger partial charge is 0.314 e. The van der Waals surface area contributed by atoms with Crippen molar-refractivity contribution in [1.82, 2.24) is 25.0 Å². The van der Waals surface area contributed by atoms with E-state index in [0.29, 0.717) is 6.04 Å². The molecule has 0 spiro atoms. The highest BCUT2D eigenvalue weighted by Crippen LogP contribution is 2.19. The summed E-state index contributed by atoms with van der Waals surface area (Å²) in [7, 11) is -2.04. The van der Waals surface area contributed by atoms with Gasteiger partial charge in [0.1, 0.15) is 0 Å². The van der Waals surface area contributed by atoms with Gasteiger partial charge >= 0.3 is 0 Å². The van der Waals surface area contributed by atoms with Gasteiger partial charge in [-0.3, -0.25) is 0 Å². The smallest absolute Gasteiger partial charge is 0.260 e. The molecule has 7 nitrogen and oxygen atoms in total. The minimum atomic E-state index is -3.59. The molecule has 0 amide bonds. The minimum absolute atomic E-state index is 0.0481. The van der Waals surface area contributed by atoms with Crippen LogP contribution in [0.25, 0.3) is 0 Å². The Bertz CT molecular complexity index is 510. The molecule has 1 saturated heterocycles. The predicted octanol–water partition coefficient (Wildman–Crippen LogP) is -0.00360. The van der Waals surface area contributed by atoms with Crippen molar-refractivity contribution < 1.29 is 8.42 Å². The molecule has 1 aliphatic heterocycles. The summed E-state index contributed by atoms with van der Waals surface area (Å²) in [5.74, 6) is 0. The van der Waals surface area contributed by atoms with Crippen LogP contribution in [0.15, 0.2) is 9.63 Å². The second-order valence-electron chi connectivity index (χ2n) is 4.51. The highest BCUT2D eigenvalue weighted by molar-refractivity contribution is 9.10. The number of aryl methyl sites for hydroxylation is 1. The molecule has 1 aromatic rings. The topological polar surface area (TPSA) is 88.9 Å². The van der Waals surface area contributed by atoms with Gasteiger partial charge < -0.3 is 5.32 Å². The van der Waals surface area contributed by atoms with Crippen molar-refractivity contribution in [2.75, 3.05) is 6.54 Å². The van der Waals surface area contributed by atoms with Gasteiger partial charge in [-0.2, -0.15) is 0 Å². The van der Waals surface area contributed by atoms with Gasteiger partial charge in [-0.25, -0.2) is 17.8 Å². The maximum atomic E-state index is 12.2. The lowest BCUT2D eigenvalue weighted by Gasteiger charge is -2.28. The van der Waals surface area contributed by atoms with Gasteiger partial charge in [0, 0.05) is 19.1 Å². The zero-order valence-electron chi connectivity index (χ0n) is 10.2. The van der Waals surface area contributed by atoms with Gasteiger partial charge in [0.2, 0.25) is 5.03 Å². The molecular weight excluding hydrogens is 322 g/mol. The summed E-state index contributed by atoms with van der Waals surface area (Å²) in [6.45, 7) is 2.86. The van der Waals surface area contributed by atoms with Crippen LogP contribution in [0.2, 0.25) is 0 Å². The Kier molecular flexibility index (Phi) is 4.05. The van der Waals surface area contributed by atoms with Crippen LogP contribution < -0.4 is 10.0 Å². The molecule has 2 unspecified atom stereocenters. The molecule has 1 aromatic heterocycles. The van der Waals surface area contributed by atoms with E-state index in [-0.39, 0.29) is 15.7 Å². The van der Waals surface area contributed by atoms with Crippen LogP contribution in [0.4, 0.5) is 0 Å². The SMILES string of the molecule is CC1CC(NS(=O)(=O)c2c(Br)nnn2C)CCN1. The van der Waals surface area contributed by atoms with E-state index in [1.165, 1.54) is 4.68 Å². The van der Waals surface area contributed by atoms with Crippen LogP contribution in [0.1, 0.15) is 19.8 Å². The van der Waals surface area contributed by atoms with Crippen molar-refractivity contribution in [3.63, 3.8) is 0 Å². The van der Waals surface area contributed by atoms with E-state index in [1.54, 1.807) is 7.05 Å². The van der Waals surface area contributed by atoms with Crippen LogP contribution in [0.5, 0.6) is 0 Å². The van der Waals surface area contributed by atoms with Gasteiger partial charge in [0.25, 0.3) is 10.0 Å². The van der Waals surface area contributed by atoms with E-state index in [1.807, 2.05) is 6.92 Å². The summed E-state index contributed by atoms with van der Waals surface area (Å²) in [5, 5.41) is 10.7. The fourth-order valence-electron chi connectivity index (χ4n) is 2.12. The number of nitrogens with one attached hydrogen (secondary N) is 2. The van der Waals surface area contributed by atoms with Crippen molar-refractivity contribution in [3.8, 4) is 0 Å². The van der Waals surface area contributed by atoms with E-state index in [2.05, 4.69) is 36.3 Å². The van der Waals surface area contributed by atoms with Gasteiger partial charge in [0.15, 0.2) is 4.60 Å². The average molecular weight is 338 g/mol. The first-order valence-corrected chi connectivity index (χ1v) is 7.98. The molecule has 1 fully saturated rings. The summed E-state index contributed by atoms with van der Waals surface area (Å²) < 4.78 is 28.7. The molecule has 18 heavy (non-hydrogen) atoms. The molecule has 9 heteroatoms. The lowest BCUT2D eigenvalue weighted by atomic mass is 10.0. The van der Waals surface area contributed by atoms with Crippen molar-refractivity contribution in [1.29, 1.82) is 0 Å². The molecule has 102 valence electrons. The van der Waals surface area contributed by atoms with Crippen LogP contribution in [-0.2, 0) is 17.1 Å². The zero-order valence-corrected chi connectivity index (χ0v) is 12.6. The van der Waals surface area contributed by atoms with Crippen molar-refractivity contribution in [2.24, 2.45) is 7.05 Å². The first-order chi connectivity index (χ1) is 8.40. The Labute approximate surface area is 115 Å². The molecule has 2 heterocycles. The van der Waals surface area contributed by atoms with E-state index in [0.717, 1.165) is 19.4 Å². The van der Waals surface area contributed by atoms with Crippen LogP contribution in [0, 0.1) is 0 Å². The monoisotopic (exact) mass is 337 g/mol. The molecule has 0 bridgehead atoms. The van der Waals surface area contributed by atoms with E-state index in [9.17, 15) is 8.42 Å². The molecule has 0 aromatic carbocycles. The third kappa shape index (κ3) is 2.90. The third-order valence-electron chi connectivity index (χ3n) is 2.94. The van der Waals surface area contributed by atoms with E-state index in [4.69, 9.17) is 0 Å². The molecular formula is C9H16BrN5O2S. The van der Waals surface area contributed by atoms with Crippen LogP contribution in [0.3, 0.4) is 0 Å². The predicted molar refractivity (Wildman–Crippen MR) is 69.5 cm³/mol. The van der Waals surface area contributed by atoms with Gasteiger partial charge in [-0.05, 0) is 42.2 Å². The number of rotatable bonds is 3. The molecule has 2 atom stereocenters. The fourth-order valence-corrected chi connectivity index (χ4v) is 4.50. The highest BCUT2D eigenvalue weighted by atomic mass is 79.9. The summed E-state index contributed by atoms with van der Waals surface area (Å²) in [5.41, 5.74) is 0. The third-order valence-corrected chi connectivity index (χ3v) is 5.34. The van der Waals surface area contributed by atoms with Gasteiger partial charge in [-0.1, -0.05) is 5.21 Å². The van der Waals surface area contributed by atoms with Crippen molar-refractivity contribution >= 4 is 26.0 Å². The Morgan fingerprint density at radius 1 is 1.56 bits per heavy atom. The number of nitrogens with zero attached hydrogens (tertiary/aromatic N) is 3. The number of aromatic nitrogens is 3. The Balaban J connectivity index is 2.17. The summed E-state index contributed by atoms with van der Waals surface area (Å²) in [6.07, 6.45) is 1.56. The summed E-state index contributed by atoms with van der Waals surface area (Å²) >= 11 is 3.10. The van der Waals surface area contributed by atoms with Gasteiger partial charge in [0.05, 0.1) is 0 Å². The minimum Gasteiger partial charge on any atom is -0.314 e. The van der Waals surface area contributed by atoms with Crippen molar-refractivity contribution in [2.45, 2.75) is 36.9 Å². The maximum Gasteiger partial charge on any atom is 0.260 e. The summed E-state index contributed by atoms with van der Waals surface area (Å²) in [6, 6.07) is 0.271. The zero-order chi connectivity index (χ0) is 13.3. The standard InChI is InChI=1S/C9H16BrN5O2S/c1-6-5-7(3-4-11-6)13-18(16,17)9-8(10)12-14-15(9)2/h6-7,11,13H,3-5H2,1-2H3. The Morgan fingerprint density at radius 2 is 2.28 bits per heavy atom. The number of hydrogen-bond donors (Lipinski definition) is 2. The Hall–Kier alpha value is -0.510. The second kappa shape index (κ2) is 5.24. The average Bonchev–Trinajstić information content (AvgIpc) is 2.58. The number of halogens is 1. The molecule has 2 rings (SSSR count). The first kappa shape index (κ1) is 13.9. The van der Waals surface area contributed by atoms with Crippen LogP contribution >= 0.6 is 15.9 Å². The van der Waals surface area contributed by atoms with Gasteiger partial charge in [-0.15, -0.1) is 5.10 Å². The molecule has 0 radical (unpaired) electrons. The van der Waals surface area contributed by atoms with Crippen LogP contribution in [-0.4, -0.2) is 42.0 Å². The van der Waals surface area contributed by atoms with Crippen molar-refractivity contribution in [3.05, 3.63) is 4.60 Å². The fraction of sp³-hybridized carbons (Fsp3) is 0.778. The summed E-state index contributed by atoms with van der Waals surface area (Å²) in [4.78, 5) is 0. The molecule has 0 aliphatic carbocycles. The van der Waals surface area contributed by atoms with E-state index >= 15 is 0 Å². The normalized spacial score (nSPS) is 25.3. The quantitative estimate of drug-likeness (QED) is 0.810. The Morgan fingerprint density at radius 3 is 2.83 bits per heavy atom. The molecule has 1 aliphatic rings. The second-order valence-corrected chi connectivity index (χ2v) is 6.89. The maximum absolute atomic E-state index is 12.2. The van der Waals surface area contributed by atoms with E-state index < -0.39 is 10.0 Å². The molecule has 2 N–H and O–H groups in total. The number of piperidine rings is 1. The lowest BCUT2D eigenvalue weighted by Crippen LogP contribution is -2.46. The lowest BCUT2D eigenvalue weighted by molar-refractivity contribution is 0.360. The highest BCUT2D eigenvalue weighted by Gasteiger charge is 2.28. The number of hydrogen-bond acceptors (Lipinski definition) is 5.